The van der Waals surface area contributed by atoms with E-state index in [4.69, 9.17) is 4.74 Å². The van der Waals surface area contributed by atoms with Crippen molar-refractivity contribution in [2.24, 2.45) is 0 Å². The van der Waals surface area contributed by atoms with Crippen molar-refractivity contribution in [2.45, 2.75) is 38.5 Å². The second kappa shape index (κ2) is 8.12. The van der Waals surface area contributed by atoms with Gasteiger partial charge in [0, 0.05) is 5.75 Å². The smallest absolute Gasteiger partial charge is 0.323 e. The first-order chi connectivity index (χ1) is 6.61. The van der Waals surface area contributed by atoms with Crippen molar-refractivity contribution < 1.29 is 9.53 Å². The summed E-state index contributed by atoms with van der Waals surface area (Å²) in [7, 11) is 1.43. The van der Waals surface area contributed by atoms with Gasteiger partial charge in [-0.3, -0.25) is 4.79 Å². The summed E-state index contributed by atoms with van der Waals surface area (Å²) in [6, 6.07) is -0.160. The summed E-state index contributed by atoms with van der Waals surface area (Å²) in [4.78, 5) is 11.3. The Kier molecular flexibility index (Phi) is 7.99. The molecule has 0 spiro atoms. The Morgan fingerprint density at radius 1 is 1.50 bits per heavy atom. The van der Waals surface area contributed by atoms with Crippen LogP contribution in [0.3, 0.4) is 0 Å². The predicted molar refractivity (Wildman–Crippen MR) is 61.7 cm³/mol. The fourth-order valence-corrected chi connectivity index (χ4v) is 1.79. The number of thioether (sulfide) groups is 1. The molecular weight excluding hydrogens is 198 g/mol. The predicted octanol–water partition coefficient (Wildman–Crippen LogP) is 1.67. The van der Waals surface area contributed by atoms with Gasteiger partial charge in [0.1, 0.15) is 6.04 Å². The summed E-state index contributed by atoms with van der Waals surface area (Å²) in [6.45, 7) is 7.19. The molecule has 0 saturated heterocycles. The second-order valence-corrected chi connectivity index (χ2v) is 5.02. The Morgan fingerprint density at radius 2 is 2.14 bits per heavy atom. The molecule has 1 N–H and O–H groups in total. The Morgan fingerprint density at radius 3 is 2.57 bits per heavy atom. The highest BCUT2D eigenvalue weighted by molar-refractivity contribution is 7.99. The number of ether oxygens (including phenoxy) is 1. The molecule has 0 amide bonds. The average Bonchev–Trinajstić information content (AvgIpc) is 2.16. The summed E-state index contributed by atoms with van der Waals surface area (Å²) < 4.78 is 4.73. The molecule has 0 aromatic heterocycles. The van der Waals surface area contributed by atoms with Crippen molar-refractivity contribution in [3.05, 3.63) is 0 Å². The van der Waals surface area contributed by atoms with E-state index in [2.05, 4.69) is 26.1 Å². The van der Waals surface area contributed by atoms with Crippen LogP contribution in [0, 0.1) is 0 Å². The molecule has 0 aromatic rings. The third kappa shape index (κ3) is 6.27. The van der Waals surface area contributed by atoms with E-state index in [9.17, 15) is 4.79 Å². The second-order valence-electron chi connectivity index (χ2n) is 3.41. The van der Waals surface area contributed by atoms with Gasteiger partial charge in [0.25, 0.3) is 0 Å². The molecule has 0 aromatic carbocycles. The van der Waals surface area contributed by atoms with E-state index in [0.717, 1.165) is 18.7 Å². The fraction of sp³-hybridized carbons (Fsp3) is 0.900. The van der Waals surface area contributed by atoms with Gasteiger partial charge in [-0.25, -0.2) is 0 Å². The van der Waals surface area contributed by atoms with E-state index in [-0.39, 0.29) is 12.0 Å². The molecule has 1 unspecified atom stereocenters. The summed E-state index contributed by atoms with van der Waals surface area (Å²) in [5.74, 6) is 0.622. The zero-order chi connectivity index (χ0) is 11.0. The van der Waals surface area contributed by atoms with Crippen molar-refractivity contribution in [1.82, 2.24) is 5.32 Å². The van der Waals surface area contributed by atoms with Gasteiger partial charge < -0.3 is 10.1 Å². The van der Waals surface area contributed by atoms with Crippen LogP contribution in [0.5, 0.6) is 0 Å². The molecular formula is C10H21NO2S. The lowest BCUT2D eigenvalue weighted by Gasteiger charge is -2.16. The maximum atomic E-state index is 11.3. The molecule has 0 rings (SSSR count). The standard InChI is InChI=1S/C10H21NO2S/c1-5-6-11-9(10(12)13-4)7-14-8(2)3/h8-9,11H,5-7H2,1-4H3. The Hall–Kier alpha value is -0.220. The first-order valence-electron chi connectivity index (χ1n) is 5.04. The summed E-state index contributed by atoms with van der Waals surface area (Å²) in [6.07, 6.45) is 1.03. The zero-order valence-electron chi connectivity index (χ0n) is 9.50. The van der Waals surface area contributed by atoms with Gasteiger partial charge in [0.05, 0.1) is 7.11 Å². The first kappa shape index (κ1) is 13.8. The van der Waals surface area contributed by atoms with E-state index < -0.39 is 0 Å². The summed E-state index contributed by atoms with van der Waals surface area (Å²) in [5, 5.41) is 3.73. The highest BCUT2D eigenvalue weighted by Gasteiger charge is 2.18. The van der Waals surface area contributed by atoms with Crippen molar-refractivity contribution in [3.8, 4) is 0 Å². The Balaban J connectivity index is 3.90. The molecule has 14 heavy (non-hydrogen) atoms. The molecule has 3 nitrogen and oxygen atoms in total. The molecule has 0 aliphatic rings. The monoisotopic (exact) mass is 219 g/mol. The van der Waals surface area contributed by atoms with Crippen LogP contribution in [0.15, 0.2) is 0 Å². The van der Waals surface area contributed by atoms with Crippen LogP contribution in [-0.2, 0) is 9.53 Å². The van der Waals surface area contributed by atoms with Crippen LogP contribution < -0.4 is 5.32 Å². The normalized spacial score (nSPS) is 12.9. The molecule has 0 fully saturated rings. The molecule has 0 heterocycles. The lowest BCUT2D eigenvalue weighted by molar-refractivity contribution is -0.142. The van der Waals surface area contributed by atoms with Crippen LogP contribution in [-0.4, -0.2) is 36.7 Å². The summed E-state index contributed by atoms with van der Waals surface area (Å²) in [5.41, 5.74) is 0. The fourth-order valence-electron chi connectivity index (χ4n) is 0.960. The lowest BCUT2D eigenvalue weighted by atomic mass is 10.3. The van der Waals surface area contributed by atoms with Gasteiger partial charge in [-0.2, -0.15) is 11.8 Å². The highest BCUT2D eigenvalue weighted by atomic mass is 32.2. The minimum atomic E-state index is -0.161. The van der Waals surface area contributed by atoms with Gasteiger partial charge in [-0.05, 0) is 18.2 Å². The Labute approximate surface area is 91.0 Å². The molecule has 0 aliphatic heterocycles. The van der Waals surface area contributed by atoms with E-state index >= 15 is 0 Å². The number of nitrogens with one attached hydrogen (secondary N) is 1. The highest BCUT2D eigenvalue weighted by Crippen LogP contribution is 2.11. The van der Waals surface area contributed by atoms with Gasteiger partial charge in [-0.15, -0.1) is 0 Å². The number of hydrogen-bond acceptors (Lipinski definition) is 4. The third-order valence-electron chi connectivity index (χ3n) is 1.72. The molecule has 0 radical (unpaired) electrons. The van der Waals surface area contributed by atoms with Gasteiger partial charge in [-0.1, -0.05) is 20.8 Å². The maximum Gasteiger partial charge on any atom is 0.323 e. The van der Waals surface area contributed by atoms with Crippen LogP contribution in [0.2, 0.25) is 0 Å². The number of carbonyl (C=O) groups excluding carboxylic acids is 1. The van der Waals surface area contributed by atoms with Crippen LogP contribution >= 0.6 is 11.8 Å². The van der Waals surface area contributed by atoms with Crippen LogP contribution in [0.1, 0.15) is 27.2 Å². The minimum Gasteiger partial charge on any atom is -0.468 e. The minimum absolute atomic E-state index is 0.160. The van der Waals surface area contributed by atoms with Crippen LogP contribution in [0.25, 0.3) is 0 Å². The zero-order valence-corrected chi connectivity index (χ0v) is 10.3. The van der Waals surface area contributed by atoms with Crippen molar-refractivity contribution >= 4 is 17.7 Å². The number of methoxy groups -OCH3 is 1. The molecule has 1 atom stereocenters. The molecule has 0 bridgehead atoms. The maximum absolute atomic E-state index is 11.3. The molecule has 0 saturated carbocycles. The van der Waals surface area contributed by atoms with Crippen molar-refractivity contribution in [3.63, 3.8) is 0 Å². The van der Waals surface area contributed by atoms with Crippen molar-refractivity contribution in [1.29, 1.82) is 0 Å². The van der Waals surface area contributed by atoms with E-state index in [1.165, 1.54) is 7.11 Å². The number of hydrogen-bond donors (Lipinski definition) is 1. The van der Waals surface area contributed by atoms with Crippen molar-refractivity contribution in [2.75, 3.05) is 19.4 Å². The SMILES string of the molecule is CCCNC(CSC(C)C)C(=O)OC. The average molecular weight is 219 g/mol. The molecule has 0 aliphatic carbocycles. The number of carbonyl (C=O) groups is 1. The van der Waals surface area contributed by atoms with Gasteiger partial charge in [0.15, 0.2) is 0 Å². The topological polar surface area (TPSA) is 38.3 Å². The van der Waals surface area contributed by atoms with Gasteiger partial charge in [0.2, 0.25) is 0 Å². The summed E-state index contributed by atoms with van der Waals surface area (Å²) >= 11 is 1.77. The number of esters is 1. The van der Waals surface area contributed by atoms with Gasteiger partial charge >= 0.3 is 5.97 Å². The third-order valence-corrected chi connectivity index (χ3v) is 2.92. The molecule has 4 heteroatoms. The van der Waals surface area contributed by atoms with E-state index in [0.29, 0.717) is 5.25 Å². The quantitative estimate of drug-likeness (QED) is 0.661. The van der Waals surface area contributed by atoms with E-state index in [1.54, 1.807) is 11.8 Å². The first-order valence-corrected chi connectivity index (χ1v) is 6.09. The Bertz CT molecular complexity index is 162. The molecule has 84 valence electrons. The van der Waals surface area contributed by atoms with Crippen LogP contribution in [0.4, 0.5) is 0 Å². The largest absolute Gasteiger partial charge is 0.468 e. The van der Waals surface area contributed by atoms with E-state index in [1.807, 2.05) is 0 Å². The lowest BCUT2D eigenvalue weighted by Crippen LogP contribution is -2.40. The number of rotatable bonds is 7.